The lowest BCUT2D eigenvalue weighted by atomic mass is 10.0. The Labute approximate surface area is 87.3 Å². The Morgan fingerprint density at radius 2 is 1.93 bits per heavy atom. The van der Waals surface area contributed by atoms with E-state index in [1.807, 2.05) is 20.8 Å². The van der Waals surface area contributed by atoms with Gasteiger partial charge in [-0.2, -0.15) is 0 Å². The summed E-state index contributed by atoms with van der Waals surface area (Å²) in [7, 11) is -3.15. The highest BCUT2D eigenvalue weighted by atomic mass is 32.2. The normalized spacial score (nSPS) is 13.1. The van der Waals surface area contributed by atoms with Gasteiger partial charge >= 0.3 is 0 Å². The summed E-state index contributed by atoms with van der Waals surface area (Å²) in [5.74, 6) is 0.122. The molecule has 0 spiro atoms. The Kier molecular flexibility index (Phi) is 5.63. The maximum atomic E-state index is 11.5. The van der Waals surface area contributed by atoms with Gasteiger partial charge in [-0.25, -0.2) is 13.1 Å². The molecule has 0 fully saturated rings. The third kappa shape index (κ3) is 6.34. The van der Waals surface area contributed by atoms with Crippen LogP contribution in [-0.2, 0) is 10.0 Å². The summed E-state index contributed by atoms with van der Waals surface area (Å²) in [4.78, 5) is 0. The maximum absolute atomic E-state index is 11.5. The number of rotatable bonds is 7. The number of nitrogens with one attached hydrogen (secondary N) is 1. The molecule has 5 heteroatoms. The van der Waals surface area contributed by atoms with Crippen molar-refractivity contribution in [2.24, 2.45) is 5.73 Å². The fourth-order valence-electron chi connectivity index (χ4n) is 1.42. The van der Waals surface area contributed by atoms with Crippen LogP contribution in [-0.4, -0.2) is 26.3 Å². The van der Waals surface area contributed by atoms with Gasteiger partial charge in [0.2, 0.25) is 10.0 Å². The Hall–Kier alpha value is -0.130. The third-order valence-corrected chi connectivity index (χ3v) is 3.61. The molecule has 0 aliphatic heterocycles. The topological polar surface area (TPSA) is 72.2 Å². The summed E-state index contributed by atoms with van der Waals surface area (Å²) in [5, 5.41) is 0. The molecule has 0 aromatic heterocycles. The average Bonchev–Trinajstić information content (AvgIpc) is 1.98. The predicted octanol–water partition coefficient (Wildman–Crippen LogP) is 0.833. The molecule has 0 rings (SSSR count). The van der Waals surface area contributed by atoms with Crippen LogP contribution in [0, 0.1) is 0 Å². The van der Waals surface area contributed by atoms with Crippen molar-refractivity contribution in [3.05, 3.63) is 0 Å². The minimum absolute atomic E-state index is 0.122. The molecule has 4 nitrogen and oxygen atoms in total. The van der Waals surface area contributed by atoms with Crippen molar-refractivity contribution in [1.29, 1.82) is 0 Å². The number of sulfonamides is 1. The third-order valence-electron chi connectivity index (χ3n) is 1.92. The monoisotopic (exact) mass is 222 g/mol. The Bertz CT molecular complexity index is 248. The van der Waals surface area contributed by atoms with Gasteiger partial charge in [-0.3, -0.25) is 0 Å². The summed E-state index contributed by atoms with van der Waals surface area (Å²) in [6.45, 7) is 6.25. The molecule has 3 N–H and O–H groups in total. The van der Waals surface area contributed by atoms with Gasteiger partial charge in [-0.1, -0.05) is 13.3 Å². The molecular weight excluding hydrogens is 200 g/mol. The van der Waals surface area contributed by atoms with E-state index in [-0.39, 0.29) is 11.3 Å². The summed E-state index contributed by atoms with van der Waals surface area (Å²) >= 11 is 0. The van der Waals surface area contributed by atoms with Crippen LogP contribution in [0.4, 0.5) is 0 Å². The smallest absolute Gasteiger partial charge is 0.212 e. The van der Waals surface area contributed by atoms with Crippen molar-refractivity contribution < 1.29 is 8.42 Å². The van der Waals surface area contributed by atoms with E-state index < -0.39 is 10.0 Å². The molecule has 0 amide bonds. The van der Waals surface area contributed by atoms with Crippen LogP contribution in [0.1, 0.15) is 40.0 Å². The number of hydrogen-bond acceptors (Lipinski definition) is 3. The first-order chi connectivity index (χ1) is 6.33. The molecule has 0 heterocycles. The van der Waals surface area contributed by atoms with Crippen molar-refractivity contribution in [2.75, 3.05) is 12.3 Å². The second kappa shape index (κ2) is 5.68. The molecule has 0 radical (unpaired) electrons. The highest BCUT2D eigenvalue weighted by Crippen LogP contribution is 2.12. The van der Waals surface area contributed by atoms with Gasteiger partial charge in [0, 0.05) is 5.54 Å². The van der Waals surface area contributed by atoms with E-state index in [0.29, 0.717) is 13.0 Å². The van der Waals surface area contributed by atoms with Crippen LogP contribution in [0.5, 0.6) is 0 Å². The molecule has 0 unspecified atom stereocenters. The zero-order chi connectivity index (χ0) is 11.2. The van der Waals surface area contributed by atoms with Crippen molar-refractivity contribution in [3.63, 3.8) is 0 Å². The van der Waals surface area contributed by atoms with Crippen LogP contribution < -0.4 is 10.5 Å². The Morgan fingerprint density at radius 1 is 1.36 bits per heavy atom. The van der Waals surface area contributed by atoms with Crippen molar-refractivity contribution in [2.45, 2.75) is 45.6 Å². The molecule has 0 saturated heterocycles. The fraction of sp³-hybridized carbons (Fsp3) is 1.00. The molecule has 0 aliphatic carbocycles. The molecular formula is C9H22N2O2S. The maximum Gasteiger partial charge on any atom is 0.212 e. The van der Waals surface area contributed by atoms with Gasteiger partial charge in [-0.05, 0) is 33.2 Å². The Balaban J connectivity index is 4.20. The lowest BCUT2D eigenvalue weighted by Crippen LogP contribution is -2.44. The standard InChI is InChI=1S/C9H22N2O2S/c1-4-6-9(2,3)11-14(12,13)8-5-7-10/h11H,4-8,10H2,1-3H3. The predicted molar refractivity (Wildman–Crippen MR) is 59.6 cm³/mol. The van der Waals surface area contributed by atoms with Crippen LogP contribution in [0.15, 0.2) is 0 Å². The van der Waals surface area contributed by atoms with E-state index in [4.69, 9.17) is 5.73 Å². The summed E-state index contributed by atoms with van der Waals surface area (Å²) in [5.41, 5.74) is 4.92. The van der Waals surface area contributed by atoms with Gasteiger partial charge < -0.3 is 5.73 Å². The van der Waals surface area contributed by atoms with E-state index >= 15 is 0 Å². The van der Waals surface area contributed by atoms with E-state index in [9.17, 15) is 8.42 Å². The first-order valence-corrected chi connectivity index (χ1v) is 6.70. The van der Waals surface area contributed by atoms with Gasteiger partial charge in [0.15, 0.2) is 0 Å². The first-order valence-electron chi connectivity index (χ1n) is 5.05. The van der Waals surface area contributed by atoms with Crippen molar-refractivity contribution in [1.82, 2.24) is 4.72 Å². The molecule has 0 atom stereocenters. The van der Waals surface area contributed by atoms with Gasteiger partial charge in [0.25, 0.3) is 0 Å². The van der Waals surface area contributed by atoms with Gasteiger partial charge in [0.1, 0.15) is 0 Å². The number of nitrogens with two attached hydrogens (primary N) is 1. The van der Waals surface area contributed by atoms with Crippen LogP contribution in [0.25, 0.3) is 0 Å². The highest BCUT2D eigenvalue weighted by molar-refractivity contribution is 7.89. The molecule has 0 saturated carbocycles. The average molecular weight is 222 g/mol. The van der Waals surface area contributed by atoms with E-state index in [0.717, 1.165) is 12.8 Å². The minimum atomic E-state index is -3.15. The van der Waals surface area contributed by atoms with Crippen LogP contribution in [0.2, 0.25) is 0 Å². The van der Waals surface area contributed by atoms with Gasteiger partial charge in [-0.15, -0.1) is 0 Å². The molecule has 0 aromatic carbocycles. The SMILES string of the molecule is CCCC(C)(C)NS(=O)(=O)CCCN. The zero-order valence-corrected chi connectivity index (χ0v) is 10.2. The summed E-state index contributed by atoms with van der Waals surface area (Å²) in [6, 6.07) is 0. The molecule has 0 aromatic rings. The van der Waals surface area contributed by atoms with Crippen LogP contribution in [0.3, 0.4) is 0 Å². The summed E-state index contributed by atoms with van der Waals surface area (Å²) < 4.78 is 25.7. The highest BCUT2D eigenvalue weighted by Gasteiger charge is 2.23. The minimum Gasteiger partial charge on any atom is -0.330 e. The van der Waals surface area contributed by atoms with E-state index in [2.05, 4.69) is 4.72 Å². The fourth-order valence-corrected chi connectivity index (χ4v) is 3.01. The second-order valence-electron chi connectivity index (χ2n) is 4.20. The number of hydrogen-bond donors (Lipinski definition) is 2. The molecule has 0 aliphatic rings. The van der Waals surface area contributed by atoms with E-state index in [1.165, 1.54) is 0 Å². The molecule has 0 bridgehead atoms. The lowest BCUT2D eigenvalue weighted by Gasteiger charge is -2.25. The molecule has 14 heavy (non-hydrogen) atoms. The van der Waals surface area contributed by atoms with E-state index in [1.54, 1.807) is 0 Å². The zero-order valence-electron chi connectivity index (χ0n) is 9.34. The Morgan fingerprint density at radius 3 is 2.36 bits per heavy atom. The summed E-state index contributed by atoms with van der Waals surface area (Å²) in [6.07, 6.45) is 2.32. The van der Waals surface area contributed by atoms with Crippen molar-refractivity contribution in [3.8, 4) is 0 Å². The van der Waals surface area contributed by atoms with Gasteiger partial charge in [0.05, 0.1) is 5.75 Å². The van der Waals surface area contributed by atoms with Crippen LogP contribution >= 0.6 is 0 Å². The second-order valence-corrected chi connectivity index (χ2v) is 6.04. The quantitative estimate of drug-likeness (QED) is 0.670. The molecule has 86 valence electrons. The largest absolute Gasteiger partial charge is 0.330 e. The first kappa shape index (κ1) is 13.9. The van der Waals surface area contributed by atoms with Crippen molar-refractivity contribution >= 4 is 10.0 Å². The lowest BCUT2D eigenvalue weighted by molar-refractivity contribution is 0.417.